The van der Waals surface area contributed by atoms with E-state index in [9.17, 15) is 14.4 Å². The van der Waals surface area contributed by atoms with Gasteiger partial charge in [0.05, 0.1) is 0 Å². The highest BCUT2D eigenvalue weighted by Crippen LogP contribution is 2.25. The maximum absolute atomic E-state index is 12.4. The fraction of sp³-hybridized carbons (Fsp3) is 0.405. The van der Waals surface area contributed by atoms with Crippen molar-refractivity contribution in [2.75, 3.05) is 51.1 Å². The van der Waals surface area contributed by atoms with Crippen LogP contribution in [0.2, 0.25) is 0 Å². The number of amides is 2. The van der Waals surface area contributed by atoms with Crippen LogP contribution in [0.4, 0.5) is 11.4 Å². The van der Waals surface area contributed by atoms with Crippen LogP contribution in [0.25, 0.3) is 21.8 Å². The average Bonchev–Trinajstić information content (AvgIpc) is 3.03. The molecule has 0 spiro atoms. The molecule has 4 rings (SSSR count). The first-order valence-electron chi connectivity index (χ1n) is 16.0. The molecule has 0 unspecified atom stereocenters. The maximum Gasteiger partial charge on any atom is 0.251 e. The number of carbonyl (C=O) groups excluding carboxylic acids is 3. The molecule has 1 aromatic heterocycles. The number of aryl methyl sites for hydroxylation is 1. The summed E-state index contributed by atoms with van der Waals surface area (Å²) in [5.74, 6) is -0.129. The van der Waals surface area contributed by atoms with Crippen LogP contribution in [-0.4, -0.2) is 58.9 Å². The number of aromatic nitrogens is 1. The monoisotopic (exact) mass is 610 g/mol. The molecule has 0 aliphatic carbocycles. The zero-order valence-electron chi connectivity index (χ0n) is 27.5. The number of carbonyl (C=O) groups is 3. The van der Waals surface area contributed by atoms with Crippen LogP contribution in [-0.2, 0) is 11.3 Å². The van der Waals surface area contributed by atoms with Gasteiger partial charge in [0, 0.05) is 99.5 Å². The van der Waals surface area contributed by atoms with Crippen molar-refractivity contribution in [3.05, 3.63) is 77.9 Å². The van der Waals surface area contributed by atoms with Crippen molar-refractivity contribution in [1.29, 1.82) is 0 Å². The molecule has 0 atom stereocenters. The third-order valence-electron chi connectivity index (χ3n) is 8.23. The van der Waals surface area contributed by atoms with Gasteiger partial charge in [0.1, 0.15) is 6.54 Å². The van der Waals surface area contributed by atoms with E-state index in [2.05, 4.69) is 95.7 Å². The molecule has 1 heterocycles. The number of anilines is 2. The van der Waals surface area contributed by atoms with Crippen LogP contribution in [0, 0.1) is 0 Å². The predicted octanol–water partition coefficient (Wildman–Crippen LogP) is 5.89. The molecular weight excluding hydrogens is 562 g/mol. The van der Waals surface area contributed by atoms with Gasteiger partial charge in [0.25, 0.3) is 5.91 Å². The Kier molecular flexibility index (Phi) is 11.9. The Hall–Kier alpha value is -4.46. The lowest BCUT2D eigenvalue weighted by atomic mass is 10.1. The van der Waals surface area contributed by atoms with Crippen LogP contribution < -0.4 is 25.0 Å². The minimum absolute atomic E-state index is 0.0574. The van der Waals surface area contributed by atoms with Gasteiger partial charge in [0.15, 0.2) is 5.78 Å². The van der Waals surface area contributed by atoms with E-state index in [1.165, 1.54) is 40.1 Å². The fourth-order valence-electron chi connectivity index (χ4n) is 5.53. The Bertz CT molecular complexity index is 1580. The van der Waals surface area contributed by atoms with Gasteiger partial charge in [-0.05, 0) is 81.5 Å². The van der Waals surface area contributed by atoms with Crippen LogP contribution >= 0.6 is 0 Å². The number of Topliss-reactive ketones (excluding diaryl/α,β-unsaturated/α-hetero) is 1. The van der Waals surface area contributed by atoms with Crippen molar-refractivity contribution in [2.45, 2.75) is 58.4 Å². The van der Waals surface area contributed by atoms with Gasteiger partial charge >= 0.3 is 0 Å². The average molecular weight is 611 g/mol. The lowest BCUT2D eigenvalue weighted by molar-refractivity contribution is -0.645. The number of nitrogens with one attached hydrogen (secondary N) is 2. The summed E-state index contributed by atoms with van der Waals surface area (Å²) in [6, 6.07) is 22.3. The molecule has 4 aromatic rings. The number of rotatable bonds is 16. The van der Waals surface area contributed by atoms with Gasteiger partial charge in [-0.3, -0.25) is 14.4 Å². The summed E-state index contributed by atoms with van der Waals surface area (Å²) >= 11 is 0. The summed E-state index contributed by atoms with van der Waals surface area (Å²) in [6.45, 7) is 3.59. The molecule has 238 valence electrons. The molecule has 0 bridgehead atoms. The zero-order chi connectivity index (χ0) is 32.3. The predicted molar refractivity (Wildman–Crippen MR) is 184 cm³/mol. The third-order valence-corrected chi connectivity index (χ3v) is 8.23. The highest BCUT2D eigenvalue weighted by Gasteiger charge is 2.17. The van der Waals surface area contributed by atoms with Crippen LogP contribution in [0.1, 0.15) is 72.6 Å². The van der Waals surface area contributed by atoms with Crippen molar-refractivity contribution in [2.24, 2.45) is 0 Å². The lowest BCUT2D eigenvalue weighted by Gasteiger charge is -2.15. The molecule has 0 fully saturated rings. The number of hydrogen-bond donors (Lipinski definition) is 2. The molecule has 3 aromatic carbocycles. The first kappa shape index (κ1) is 33.4. The highest BCUT2D eigenvalue weighted by atomic mass is 16.2. The number of benzene rings is 3. The molecule has 2 amide bonds. The van der Waals surface area contributed by atoms with E-state index in [0.29, 0.717) is 30.6 Å². The summed E-state index contributed by atoms with van der Waals surface area (Å²) in [5, 5.41) is 8.41. The minimum atomic E-state index is -0.171. The summed E-state index contributed by atoms with van der Waals surface area (Å²) in [4.78, 5) is 40.6. The quantitative estimate of drug-likeness (QED) is 0.0715. The summed E-state index contributed by atoms with van der Waals surface area (Å²) in [6.07, 6.45) is 5.99. The molecule has 0 saturated heterocycles. The van der Waals surface area contributed by atoms with Gasteiger partial charge < -0.3 is 20.4 Å². The largest absolute Gasteiger partial charge is 0.377 e. The summed E-state index contributed by atoms with van der Waals surface area (Å²) < 4.78 is 2.44. The Morgan fingerprint density at radius 3 is 1.82 bits per heavy atom. The van der Waals surface area contributed by atoms with Crippen molar-refractivity contribution in [1.82, 2.24) is 10.6 Å². The van der Waals surface area contributed by atoms with E-state index in [1.807, 2.05) is 0 Å². The van der Waals surface area contributed by atoms with Gasteiger partial charge in [-0.25, -0.2) is 0 Å². The van der Waals surface area contributed by atoms with Crippen molar-refractivity contribution in [3.8, 4) is 0 Å². The topological polar surface area (TPSA) is 85.6 Å². The van der Waals surface area contributed by atoms with Crippen LogP contribution in [0.5, 0.6) is 0 Å². The normalized spacial score (nSPS) is 11.0. The first-order chi connectivity index (χ1) is 21.6. The number of pyridine rings is 1. The third kappa shape index (κ3) is 9.27. The summed E-state index contributed by atoms with van der Waals surface area (Å²) in [7, 11) is 8.28. The Labute approximate surface area is 267 Å². The fourth-order valence-corrected chi connectivity index (χ4v) is 5.53. The SMILES string of the molecule is CC(=O)c1cccc(C(=O)NCCCCCNC(=O)CCCCC[n+]2c3cc(N(C)C)ccc3cc3ccc(N(C)C)cc32)c1. The van der Waals surface area contributed by atoms with Crippen molar-refractivity contribution < 1.29 is 19.0 Å². The second-order valence-corrected chi connectivity index (χ2v) is 12.2. The van der Waals surface area contributed by atoms with Crippen LogP contribution in [0.15, 0.2) is 66.7 Å². The number of fused-ring (bicyclic) bond motifs is 2. The Morgan fingerprint density at radius 2 is 1.22 bits per heavy atom. The second kappa shape index (κ2) is 16.0. The molecule has 8 heteroatoms. The highest BCUT2D eigenvalue weighted by molar-refractivity contribution is 5.99. The number of hydrogen-bond acceptors (Lipinski definition) is 5. The van der Waals surface area contributed by atoms with E-state index in [0.717, 1.165) is 45.1 Å². The molecule has 2 N–H and O–H groups in total. The van der Waals surface area contributed by atoms with E-state index < -0.39 is 0 Å². The standard InChI is InChI=1S/C37H47N5O3/c1-27(43)28-13-12-14-31(23-28)37(45)39-21-10-7-9-20-38-36(44)15-8-6-11-22-42-34-25-32(40(2)3)18-16-29(34)24-30-17-19-33(41(4)5)26-35(30)42/h12-14,16-19,23-26H,6-11,15,20-22H2,1-5H3,(H-,38,39,44,45)/p+1. The molecule has 45 heavy (non-hydrogen) atoms. The second-order valence-electron chi connectivity index (χ2n) is 12.2. The van der Waals surface area contributed by atoms with E-state index in [-0.39, 0.29) is 17.6 Å². The molecule has 8 nitrogen and oxygen atoms in total. The van der Waals surface area contributed by atoms with E-state index in [4.69, 9.17) is 0 Å². The molecule has 0 radical (unpaired) electrons. The number of ketones is 1. The molecule has 0 saturated carbocycles. The smallest absolute Gasteiger partial charge is 0.251 e. The number of nitrogens with zero attached hydrogens (tertiary/aromatic N) is 3. The molecule has 0 aliphatic heterocycles. The van der Waals surface area contributed by atoms with E-state index in [1.54, 1.807) is 24.3 Å². The van der Waals surface area contributed by atoms with Crippen molar-refractivity contribution in [3.63, 3.8) is 0 Å². The van der Waals surface area contributed by atoms with Crippen molar-refractivity contribution >= 4 is 50.8 Å². The lowest BCUT2D eigenvalue weighted by Crippen LogP contribution is -2.36. The van der Waals surface area contributed by atoms with Gasteiger partial charge in [0.2, 0.25) is 16.9 Å². The van der Waals surface area contributed by atoms with Gasteiger partial charge in [-0.2, -0.15) is 4.57 Å². The van der Waals surface area contributed by atoms with Crippen LogP contribution in [0.3, 0.4) is 0 Å². The Morgan fingerprint density at radius 1 is 0.644 bits per heavy atom. The molecular formula is C37H48N5O3+. The summed E-state index contributed by atoms with van der Waals surface area (Å²) in [5.41, 5.74) is 5.84. The molecule has 0 aliphatic rings. The van der Waals surface area contributed by atoms with E-state index >= 15 is 0 Å². The van der Waals surface area contributed by atoms with Gasteiger partial charge in [-0.1, -0.05) is 12.1 Å². The maximum atomic E-state index is 12.4. The Balaban J connectivity index is 1.19. The van der Waals surface area contributed by atoms with Gasteiger partial charge in [-0.15, -0.1) is 0 Å². The first-order valence-corrected chi connectivity index (χ1v) is 16.0. The zero-order valence-corrected chi connectivity index (χ0v) is 27.5. The number of unbranched alkanes of at least 4 members (excludes halogenated alkanes) is 4. The minimum Gasteiger partial charge on any atom is -0.377 e.